The maximum Gasteiger partial charge on any atom is 0.328 e. The number of nitrogens with zero attached hydrogens (tertiary/aromatic N) is 1. The van der Waals surface area contributed by atoms with E-state index in [1.807, 2.05) is 78.9 Å². The first-order valence-electron chi connectivity index (χ1n) is 14.4. The summed E-state index contributed by atoms with van der Waals surface area (Å²) in [5.41, 5.74) is 2.99. The van der Waals surface area contributed by atoms with Crippen LogP contribution < -0.4 is 14.8 Å². The van der Waals surface area contributed by atoms with Crippen molar-refractivity contribution in [1.82, 2.24) is 10.2 Å². The SMILES string of the molecule is COC(=O)[C@H](Cc1ccc(-c2ccccc2Oc2ccccc2)cc1)NC(=O)c1cc(Br)ccc1OCCN1CCCC1=O. The van der Waals surface area contributed by atoms with E-state index in [4.69, 9.17) is 14.2 Å². The van der Waals surface area contributed by atoms with Crippen LogP contribution >= 0.6 is 15.9 Å². The summed E-state index contributed by atoms with van der Waals surface area (Å²) < 4.78 is 17.7. The molecule has 5 rings (SSSR count). The standard InChI is InChI=1S/C35H33BrN2O6/c1-42-35(41)30(37-34(40)29-23-26(36)17-18-31(29)43-21-20-38-19-7-12-33(38)39)22-24-13-15-25(16-14-24)28-10-5-6-11-32(28)44-27-8-3-2-4-9-27/h2-6,8-11,13-18,23,30H,7,12,19-22H2,1H3,(H,37,40)/t30-/m0/s1. The van der Waals surface area contributed by atoms with E-state index in [1.165, 1.54) is 7.11 Å². The number of para-hydroxylation sites is 2. The number of carbonyl (C=O) groups excluding carboxylic acids is 3. The minimum atomic E-state index is -0.930. The van der Waals surface area contributed by atoms with Crippen LogP contribution in [-0.4, -0.2) is 55.5 Å². The van der Waals surface area contributed by atoms with Gasteiger partial charge in [0.25, 0.3) is 5.91 Å². The second kappa shape index (κ2) is 14.7. The van der Waals surface area contributed by atoms with E-state index in [0.29, 0.717) is 29.7 Å². The Morgan fingerprint density at radius 2 is 1.68 bits per heavy atom. The molecule has 1 saturated heterocycles. The highest BCUT2D eigenvalue weighted by Crippen LogP contribution is 2.33. The number of methoxy groups -OCH3 is 1. The van der Waals surface area contributed by atoms with Crippen LogP contribution in [0, 0.1) is 0 Å². The number of hydrogen-bond acceptors (Lipinski definition) is 6. The molecule has 0 aromatic heterocycles. The smallest absolute Gasteiger partial charge is 0.328 e. The van der Waals surface area contributed by atoms with Crippen molar-refractivity contribution in [3.05, 3.63) is 113 Å². The average molecular weight is 658 g/mol. The number of likely N-dealkylation sites (tertiary alicyclic amines) is 1. The van der Waals surface area contributed by atoms with Crippen molar-refractivity contribution in [1.29, 1.82) is 0 Å². The normalized spacial score (nSPS) is 13.3. The Kier molecular flexibility index (Phi) is 10.3. The lowest BCUT2D eigenvalue weighted by atomic mass is 9.99. The van der Waals surface area contributed by atoms with Gasteiger partial charge in [-0.25, -0.2) is 4.79 Å². The molecule has 0 aliphatic carbocycles. The summed E-state index contributed by atoms with van der Waals surface area (Å²) in [5, 5.41) is 2.82. The molecule has 226 valence electrons. The van der Waals surface area contributed by atoms with E-state index >= 15 is 0 Å². The van der Waals surface area contributed by atoms with Crippen molar-refractivity contribution in [3.8, 4) is 28.4 Å². The molecule has 2 amide bonds. The van der Waals surface area contributed by atoms with Gasteiger partial charge in [-0.2, -0.15) is 0 Å². The van der Waals surface area contributed by atoms with Crippen LogP contribution in [-0.2, 0) is 20.7 Å². The minimum absolute atomic E-state index is 0.112. The third-order valence-corrected chi connectivity index (χ3v) is 7.82. The van der Waals surface area contributed by atoms with Crippen LogP contribution in [0.1, 0.15) is 28.8 Å². The molecule has 1 aliphatic heterocycles. The molecular formula is C35H33BrN2O6. The monoisotopic (exact) mass is 656 g/mol. The number of esters is 1. The van der Waals surface area contributed by atoms with Gasteiger partial charge in [0.2, 0.25) is 5.91 Å². The molecule has 0 spiro atoms. The predicted molar refractivity (Wildman–Crippen MR) is 171 cm³/mol. The summed E-state index contributed by atoms with van der Waals surface area (Å²) in [6.07, 6.45) is 1.63. The first kappa shape index (κ1) is 30.8. The third kappa shape index (κ3) is 7.85. The first-order valence-corrected chi connectivity index (χ1v) is 15.2. The van der Waals surface area contributed by atoms with E-state index in [1.54, 1.807) is 23.1 Å². The van der Waals surface area contributed by atoms with Gasteiger partial charge < -0.3 is 24.4 Å². The lowest BCUT2D eigenvalue weighted by Crippen LogP contribution is -2.43. The Morgan fingerprint density at radius 1 is 0.932 bits per heavy atom. The van der Waals surface area contributed by atoms with Gasteiger partial charge in [0.1, 0.15) is 29.9 Å². The Morgan fingerprint density at radius 3 is 2.41 bits per heavy atom. The molecule has 0 radical (unpaired) electrons. The number of nitrogens with one attached hydrogen (secondary N) is 1. The maximum atomic E-state index is 13.4. The molecule has 1 heterocycles. The average Bonchev–Trinajstić information content (AvgIpc) is 3.46. The zero-order chi connectivity index (χ0) is 30.9. The van der Waals surface area contributed by atoms with Gasteiger partial charge in [0.05, 0.1) is 19.2 Å². The highest BCUT2D eigenvalue weighted by Gasteiger charge is 2.25. The fourth-order valence-corrected chi connectivity index (χ4v) is 5.41. The van der Waals surface area contributed by atoms with Crippen molar-refractivity contribution < 1.29 is 28.6 Å². The molecule has 0 saturated carbocycles. The summed E-state index contributed by atoms with van der Waals surface area (Å²) >= 11 is 3.42. The van der Waals surface area contributed by atoms with E-state index in [9.17, 15) is 14.4 Å². The summed E-state index contributed by atoms with van der Waals surface area (Å²) in [7, 11) is 1.29. The molecule has 9 heteroatoms. The van der Waals surface area contributed by atoms with Crippen LogP contribution in [0.25, 0.3) is 11.1 Å². The second-order valence-corrected chi connectivity index (χ2v) is 11.3. The van der Waals surface area contributed by atoms with E-state index in [2.05, 4.69) is 21.2 Å². The van der Waals surface area contributed by atoms with Gasteiger partial charge in [-0.15, -0.1) is 0 Å². The van der Waals surface area contributed by atoms with Crippen molar-refractivity contribution in [2.45, 2.75) is 25.3 Å². The van der Waals surface area contributed by atoms with Gasteiger partial charge in [0.15, 0.2) is 0 Å². The third-order valence-electron chi connectivity index (χ3n) is 7.33. The molecule has 44 heavy (non-hydrogen) atoms. The lowest BCUT2D eigenvalue weighted by molar-refractivity contribution is -0.142. The molecular weight excluding hydrogens is 624 g/mol. The van der Waals surface area contributed by atoms with Crippen LogP contribution in [0.2, 0.25) is 0 Å². The van der Waals surface area contributed by atoms with Crippen molar-refractivity contribution in [3.63, 3.8) is 0 Å². The quantitative estimate of drug-likeness (QED) is 0.177. The molecule has 8 nitrogen and oxygen atoms in total. The fraction of sp³-hybridized carbons (Fsp3) is 0.229. The second-order valence-electron chi connectivity index (χ2n) is 10.3. The lowest BCUT2D eigenvalue weighted by Gasteiger charge is -2.19. The topological polar surface area (TPSA) is 94.2 Å². The van der Waals surface area contributed by atoms with Crippen molar-refractivity contribution >= 4 is 33.7 Å². The van der Waals surface area contributed by atoms with Crippen LogP contribution in [0.4, 0.5) is 0 Å². The van der Waals surface area contributed by atoms with Gasteiger partial charge >= 0.3 is 5.97 Å². The van der Waals surface area contributed by atoms with Gasteiger partial charge in [-0.05, 0) is 53.9 Å². The zero-order valence-electron chi connectivity index (χ0n) is 24.3. The maximum absolute atomic E-state index is 13.4. The Hall–Kier alpha value is -4.63. The number of hydrogen-bond donors (Lipinski definition) is 1. The highest BCUT2D eigenvalue weighted by molar-refractivity contribution is 9.10. The molecule has 0 unspecified atom stereocenters. The fourth-order valence-electron chi connectivity index (χ4n) is 5.05. The largest absolute Gasteiger partial charge is 0.491 e. The Balaban J connectivity index is 1.28. The first-order chi connectivity index (χ1) is 21.4. The summed E-state index contributed by atoms with van der Waals surface area (Å²) in [5.74, 6) is 0.911. The molecule has 4 aromatic rings. The zero-order valence-corrected chi connectivity index (χ0v) is 25.9. The van der Waals surface area contributed by atoms with E-state index in [0.717, 1.165) is 34.6 Å². The highest BCUT2D eigenvalue weighted by atomic mass is 79.9. The van der Waals surface area contributed by atoms with Gasteiger partial charge in [0, 0.05) is 29.4 Å². The van der Waals surface area contributed by atoms with E-state index in [-0.39, 0.29) is 24.5 Å². The number of carbonyl (C=O) groups is 3. The summed E-state index contributed by atoms with van der Waals surface area (Å²) in [6, 6.07) is 29.3. The number of ether oxygens (including phenoxy) is 3. The molecule has 1 atom stereocenters. The van der Waals surface area contributed by atoms with Crippen LogP contribution in [0.3, 0.4) is 0 Å². The van der Waals surface area contributed by atoms with Gasteiger partial charge in [-0.1, -0.05) is 76.6 Å². The van der Waals surface area contributed by atoms with Crippen LogP contribution in [0.5, 0.6) is 17.2 Å². The van der Waals surface area contributed by atoms with E-state index < -0.39 is 17.9 Å². The number of benzene rings is 4. The predicted octanol–water partition coefficient (Wildman–Crippen LogP) is 6.42. The van der Waals surface area contributed by atoms with Crippen LogP contribution in [0.15, 0.2) is 102 Å². The van der Waals surface area contributed by atoms with Crippen molar-refractivity contribution in [2.24, 2.45) is 0 Å². The molecule has 1 N–H and O–H groups in total. The summed E-state index contributed by atoms with van der Waals surface area (Å²) in [4.78, 5) is 39.9. The number of halogens is 1. The molecule has 1 fully saturated rings. The molecule has 1 aliphatic rings. The minimum Gasteiger partial charge on any atom is -0.491 e. The van der Waals surface area contributed by atoms with Gasteiger partial charge in [-0.3, -0.25) is 9.59 Å². The van der Waals surface area contributed by atoms with Crippen molar-refractivity contribution in [2.75, 3.05) is 26.8 Å². The Labute approximate surface area is 265 Å². The molecule has 0 bridgehead atoms. The number of amides is 2. The summed E-state index contributed by atoms with van der Waals surface area (Å²) in [6.45, 7) is 1.41. The molecule has 4 aromatic carbocycles. The Bertz CT molecular complexity index is 1610. The number of rotatable bonds is 12.